The highest BCUT2D eigenvalue weighted by atomic mass is 32.1. The summed E-state index contributed by atoms with van der Waals surface area (Å²) in [6, 6.07) is 7.36. The highest BCUT2D eigenvalue weighted by molar-refractivity contribution is 7.16. The number of aryl methyl sites for hydroxylation is 1. The number of nitrogens with zero attached hydrogens (tertiary/aromatic N) is 2. The second kappa shape index (κ2) is 8.02. The van der Waals surface area contributed by atoms with Gasteiger partial charge in [-0.2, -0.15) is 5.26 Å². The number of aliphatic carboxylic acids is 1. The fraction of sp³-hybridized carbons (Fsp3) is 0.316. The van der Waals surface area contributed by atoms with Crippen molar-refractivity contribution in [3.63, 3.8) is 0 Å². The number of benzene rings is 1. The number of carboxylic acid groups (broad SMARTS) is 1. The van der Waals surface area contributed by atoms with E-state index in [-0.39, 0.29) is 0 Å². The summed E-state index contributed by atoms with van der Waals surface area (Å²) in [7, 11) is 1.48. The molecule has 0 saturated heterocycles. The van der Waals surface area contributed by atoms with Crippen LogP contribution in [0.4, 0.5) is 5.00 Å². The van der Waals surface area contributed by atoms with Crippen LogP contribution in [-0.4, -0.2) is 25.9 Å². The monoisotopic (exact) mass is 369 g/mol. The molecule has 0 atom stereocenters. The molecule has 0 bridgehead atoms. The van der Waals surface area contributed by atoms with E-state index in [0.29, 0.717) is 17.1 Å². The van der Waals surface area contributed by atoms with Crippen molar-refractivity contribution in [2.75, 3.05) is 13.7 Å². The summed E-state index contributed by atoms with van der Waals surface area (Å²) in [4.78, 5) is 16.3. The number of fused-ring (bicyclic) bond motifs is 1. The number of hydrogen-bond acceptors (Lipinski definition) is 7. The average molecular weight is 369 g/mol. The van der Waals surface area contributed by atoms with Crippen molar-refractivity contribution in [1.29, 1.82) is 5.26 Å². The molecule has 0 amide bonds. The number of ether oxygens (including phenoxy) is 2. The molecule has 0 saturated carbocycles. The van der Waals surface area contributed by atoms with Crippen LogP contribution in [-0.2, 0) is 17.6 Å². The van der Waals surface area contributed by atoms with Gasteiger partial charge in [-0.25, -0.2) is 4.99 Å². The van der Waals surface area contributed by atoms with Gasteiger partial charge >= 0.3 is 0 Å². The Morgan fingerprint density at radius 1 is 1.38 bits per heavy atom. The molecule has 2 aromatic rings. The summed E-state index contributed by atoms with van der Waals surface area (Å²) in [6.07, 6.45) is 5.91. The lowest BCUT2D eigenvalue weighted by atomic mass is 9.96. The molecule has 26 heavy (non-hydrogen) atoms. The minimum atomic E-state index is -1.30. The zero-order valence-corrected chi connectivity index (χ0v) is 15.1. The number of methoxy groups -OCH3 is 1. The predicted octanol–water partition coefficient (Wildman–Crippen LogP) is 2.39. The van der Waals surface area contributed by atoms with Crippen molar-refractivity contribution in [3.8, 4) is 17.6 Å². The number of hydrogen-bond donors (Lipinski definition) is 0. The van der Waals surface area contributed by atoms with Crippen LogP contribution in [0.25, 0.3) is 0 Å². The van der Waals surface area contributed by atoms with Gasteiger partial charge in [-0.3, -0.25) is 0 Å². The van der Waals surface area contributed by atoms with Crippen LogP contribution >= 0.6 is 11.3 Å². The predicted molar refractivity (Wildman–Crippen MR) is 96.4 cm³/mol. The van der Waals surface area contributed by atoms with Gasteiger partial charge in [0.2, 0.25) is 0 Å². The second-order valence-electron chi connectivity index (χ2n) is 5.83. The largest absolute Gasteiger partial charge is 0.546 e. The van der Waals surface area contributed by atoms with E-state index in [1.54, 1.807) is 35.8 Å². The smallest absolute Gasteiger partial charge is 0.161 e. The molecule has 3 rings (SSSR count). The lowest BCUT2D eigenvalue weighted by Gasteiger charge is -2.11. The molecule has 0 radical (unpaired) electrons. The first kappa shape index (κ1) is 18.0. The molecule has 1 aromatic heterocycles. The van der Waals surface area contributed by atoms with E-state index in [4.69, 9.17) is 9.47 Å². The number of carbonyl (C=O) groups is 1. The number of aliphatic imine (C=N–C) groups is 1. The zero-order chi connectivity index (χ0) is 18.5. The fourth-order valence-electron chi connectivity index (χ4n) is 2.91. The molecular weight excluding hydrogens is 352 g/mol. The number of carbonyl (C=O) groups excluding carboxylic acids is 1. The Bertz CT molecular complexity index is 896. The maximum Gasteiger partial charge on any atom is 0.161 e. The Kier molecular flexibility index (Phi) is 5.54. The fourth-order valence-corrected chi connectivity index (χ4v) is 4.09. The highest BCUT2D eigenvalue weighted by Crippen LogP contribution is 2.39. The first-order chi connectivity index (χ1) is 12.6. The minimum Gasteiger partial charge on any atom is -0.546 e. The summed E-state index contributed by atoms with van der Waals surface area (Å²) >= 11 is 1.58. The van der Waals surface area contributed by atoms with Crippen molar-refractivity contribution in [1.82, 2.24) is 0 Å². The molecule has 0 spiro atoms. The maximum absolute atomic E-state index is 10.5. The lowest BCUT2D eigenvalue weighted by Crippen LogP contribution is -2.29. The minimum absolute atomic E-state index is 0.318. The Morgan fingerprint density at radius 3 is 2.92 bits per heavy atom. The Labute approximate surface area is 155 Å². The van der Waals surface area contributed by atoms with Gasteiger partial charge in [-0.15, -0.1) is 11.3 Å². The molecule has 6 nitrogen and oxygen atoms in total. The average Bonchev–Trinajstić information content (AvgIpc) is 3.02. The van der Waals surface area contributed by atoms with Crippen molar-refractivity contribution in [2.24, 2.45) is 4.99 Å². The van der Waals surface area contributed by atoms with Crippen molar-refractivity contribution < 1.29 is 19.4 Å². The second-order valence-corrected chi connectivity index (χ2v) is 6.92. The molecule has 1 heterocycles. The van der Waals surface area contributed by atoms with Crippen molar-refractivity contribution in [2.45, 2.75) is 25.7 Å². The zero-order valence-electron chi connectivity index (χ0n) is 14.3. The third-order valence-corrected chi connectivity index (χ3v) is 5.33. The van der Waals surface area contributed by atoms with Gasteiger partial charge in [0.25, 0.3) is 0 Å². The lowest BCUT2D eigenvalue weighted by molar-refractivity contribution is -0.307. The number of carboxylic acids is 1. The quantitative estimate of drug-likeness (QED) is 0.729. The molecule has 7 heteroatoms. The van der Waals surface area contributed by atoms with E-state index in [9.17, 15) is 15.2 Å². The van der Waals surface area contributed by atoms with Crippen LogP contribution in [0.15, 0.2) is 23.2 Å². The van der Waals surface area contributed by atoms with Gasteiger partial charge in [0.1, 0.15) is 17.7 Å². The van der Waals surface area contributed by atoms with Crippen LogP contribution in [0, 0.1) is 11.3 Å². The summed E-state index contributed by atoms with van der Waals surface area (Å²) < 4.78 is 10.4. The van der Waals surface area contributed by atoms with E-state index < -0.39 is 12.6 Å². The Hall–Kier alpha value is -2.85. The molecule has 1 aromatic carbocycles. The Morgan fingerprint density at radius 2 is 2.19 bits per heavy atom. The van der Waals surface area contributed by atoms with Crippen LogP contribution in [0.1, 0.15) is 34.4 Å². The van der Waals surface area contributed by atoms with Crippen LogP contribution < -0.4 is 14.6 Å². The maximum atomic E-state index is 10.5. The van der Waals surface area contributed by atoms with E-state index >= 15 is 0 Å². The molecule has 0 fully saturated rings. The highest BCUT2D eigenvalue weighted by Gasteiger charge is 2.20. The molecule has 0 N–H and O–H groups in total. The van der Waals surface area contributed by atoms with E-state index in [2.05, 4.69) is 11.1 Å². The molecule has 134 valence electrons. The normalized spacial score (nSPS) is 13.2. The SMILES string of the molecule is COc1cc(C=Nc2sc3c(c2C#N)CCCC3)ccc1OCC(=O)[O-]. The van der Waals surface area contributed by atoms with E-state index in [1.807, 2.05) is 0 Å². The third kappa shape index (κ3) is 3.86. The van der Waals surface area contributed by atoms with Gasteiger partial charge in [0.15, 0.2) is 11.5 Å². The third-order valence-electron chi connectivity index (χ3n) is 4.13. The first-order valence-corrected chi connectivity index (χ1v) is 9.03. The summed E-state index contributed by atoms with van der Waals surface area (Å²) in [5.74, 6) is -0.581. The topological polar surface area (TPSA) is 94.7 Å². The van der Waals surface area contributed by atoms with Crippen molar-refractivity contribution in [3.05, 3.63) is 39.8 Å². The molecule has 1 aliphatic rings. The number of nitriles is 1. The van der Waals surface area contributed by atoms with Gasteiger partial charge in [0.05, 0.1) is 18.6 Å². The van der Waals surface area contributed by atoms with Crippen LogP contribution in [0.2, 0.25) is 0 Å². The summed E-state index contributed by atoms with van der Waals surface area (Å²) in [6.45, 7) is -0.546. The number of rotatable bonds is 6. The Balaban J connectivity index is 1.84. The van der Waals surface area contributed by atoms with E-state index in [1.165, 1.54) is 12.0 Å². The van der Waals surface area contributed by atoms with Gasteiger partial charge in [0, 0.05) is 11.1 Å². The van der Waals surface area contributed by atoms with Crippen LogP contribution in [0.5, 0.6) is 11.5 Å². The molecule has 1 aliphatic carbocycles. The summed E-state index contributed by atoms with van der Waals surface area (Å²) in [5.41, 5.74) is 2.60. The number of thiophene rings is 1. The van der Waals surface area contributed by atoms with Gasteiger partial charge in [-0.1, -0.05) is 0 Å². The van der Waals surface area contributed by atoms with Crippen molar-refractivity contribution >= 4 is 28.5 Å². The molecular formula is C19H17N2O4S-. The summed E-state index contributed by atoms with van der Waals surface area (Å²) in [5, 5.41) is 20.7. The van der Waals surface area contributed by atoms with Gasteiger partial charge < -0.3 is 19.4 Å². The first-order valence-electron chi connectivity index (χ1n) is 8.21. The molecule has 0 aliphatic heterocycles. The van der Waals surface area contributed by atoms with Crippen LogP contribution in [0.3, 0.4) is 0 Å². The van der Waals surface area contributed by atoms with Gasteiger partial charge in [-0.05, 0) is 55.0 Å². The molecule has 0 unspecified atom stereocenters. The van der Waals surface area contributed by atoms with E-state index in [0.717, 1.165) is 41.8 Å². The standard InChI is InChI=1S/C19H18N2O4S/c1-24-16-8-12(6-7-15(16)25-11-18(22)23)10-21-19-14(9-20)13-4-2-3-5-17(13)26-19/h6-8,10H,2-5,11H2,1H3,(H,22,23)/p-1.